The minimum absolute atomic E-state index is 0.336. The van der Waals surface area contributed by atoms with Crippen LogP contribution in [0.2, 0.25) is 5.15 Å². The van der Waals surface area contributed by atoms with Crippen LogP contribution in [-0.4, -0.2) is 34.1 Å². The lowest BCUT2D eigenvalue weighted by atomic mass is 9.74. The minimum atomic E-state index is 0.336. The highest BCUT2D eigenvalue weighted by molar-refractivity contribution is 7.99. The van der Waals surface area contributed by atoms with Crippen molar-refractivity contribution in [2.75, 3.05) is 23.7 Å². The van der Waals surface area contributed by atoms with Crippen LogP contribution in [0.15, 0.2) is 34.4 Å². The van der Waals surface area contributed by atoms with E-state index in [-0.39, 0.29) is 0 Å². The van der Waals surface area contributed by atoms with E-state index in [1.54, 1.807) is 12.4 Å². The first-order valence-corrected chi connectivity index (χ1v) is 10.2. The number of rotatable bonds is 3. The molecule has 6 nitrogen and oxygen atoms in total. The number of nitrogens with zero attached hydrogens (tertiary/aromatic N) is 4. The lowest BCUT2D eigenvalue weighted by Crippen LogP contribution is -2.47. The third-order valence-electron chi connectivity index (χ3n) is 5.74. The van der Waals surface area contributed by atoms with Crippen LogP contribution in [0, 0.1) is 5.41 Å². The predicted octanol–water partition coefficient (Wildman–Crippen LogP) is 3.36. The van der Waals surface area contributed by atoms with Gasteiger partial charge in [-0.2, -0.15) is 0 Å². The van der Waals surface area contributed by atoms with Crippen LogP contribution >= 0.6 is 23.4 Å². The molecule has 0 bridgehead atoms. The molecule has 0 radical (unpaired) electrons. The lowest BCUT2D eigenvalue weighted by molar-refractivity contribution is 0.197. The van der Waals surface area contributed by atoms with E-state index in [4.69, 9.17) is 23.1 Å². The summed E-state index contributed by atoms with van der Waals surface area (Å²) < 4.78 is 0. The van der Waals surface area contributed by atoms with Crippen molar-refractivity contribution < 1.29 is 0 Å². The molecule has 4 N–H and O–H groups in total. The number of nitrogens with two attached hydrogens (primary N) is 2. The van der Waals surface area contributed by atoms with Crippen LogP contribution in [0.5, 0.6) is 0 Å². The summed E-state index contributed by atoms with van der Waals surface area (Å²) in [6.45, 7) is 1.92. The minimum Gasteiger partial charge on any atom is -0.381 e. The smallest absolute Gasteiger partial charge is 0.158 e. The van der Waals surface area contributed by atoms with Crippen molar-refractivity contribution in [1.82, 2.24) is 15.0 Å². The van der Waals surface area contributed by atoms with Gasteiger partial charge in [-0.25, -0.2) is 15.0 Å². The Balaban J connectivity index is 1.46. The molecule has 1 saturated carbocycles. The van der Waals surface area contributed by atoms with Crippen LogP contribution in [0.1, 0.15) is 32.1 Å². The van der Waals surface area contributed by atoms with Gasteiger partial charge in [-0.05, 0) is 43.2 Å². The highest BCUT2D eigenvalue weighted by Crippen LogP contribution is 2.46. The van der Waals surface area contributed by atoms with Crippen molar-refractivity contribution in [3.8, 4) is 0 Å². The molecule has 2 fully saturated rings. The maximum absolute atomic E-state index is 6.37. The first-order chi connectivity index (χ1) is 12.6. The molecule has 8 heteroatoms. The average molecular weight is 391 g/mol. The fourth-order valence-electron chi connectivity index (χ4n) is 4.13. The number of pyridine rings is 1. The zero-order chi connectivity index (χ0) is 18.1. The van der Waals surface area contributed by atoms with Gasteiger partial charge in [-0.15, -0.1) is 0 Å². The second-order valence-corrected chi connectivity index (χ2v) is 8.55. The SMILES string of the molecule is Nc1nc(N2CCC3(CCC[C@H]3N)CC2)cnc1Sc1cccnc1Cl. The molecule has 2 aliphatic rings. The van der Waals surface area contributed by atoms with Crippen LogP contribution < -0.4 is 16.4 Å². The van der Waals surface area contributed by atoms with Crippen molar-refractivity contribution in [1.29, 1.82) is 0 Å². The first kappa shape index (κ1) is 17.8. The van der Waals surface area contributed by atoms with E-state index in [0.29, 0.717) is 27.5 Å². The van der Waals surface area contributed by atoms with Crippen molar-refractivity contribution >= 4 is 35.0 Å². The monoisotopic (exact) mass is 390 g/mol. The number of hydrogen-bond acceptors (Lipinski definition) is 7. The van der Waals surface area contributed by atoms with Crippen molar-refractivity contribution in [3.63, 3.8) is 0 Å². The molecule has 0 aromatic carbocycles. The molecule has 2 aromatic heterocycles. The third kappa shape index (κ3) is 3.35. The Morgan fingerprint density at radius 1 is 1.23 bits per heavy atom. The van der Waals surface area contributed by atoms with Gasteiger partial charge in [-0.1, -0.05) is 29.8 Å². The summed E-state index contributed by atoms with van der Waals surface area (Å²) in [5.41, 5.74) is 12.9. The van der Waals surface area contributed by atoms with E-state index < -0.39 is 0 Å². The van der Waals surface area contributed by atoms with E-state index in [0.717, 1.165) is 43.1 Å². The first-order valence-electron chi connectivity index (χ1n) is 8.99. The van der Waals surface area contributed by atoms with Crippen molar-refractivity contribution in [3.05, 3.63) is 29.7 Å². The number of anilines is 2. The van der Waals surface area contributed by atoms with Gasteiger partial charge < -0.3 is 16.4 Å². The standard InChI is InChI=1S/C18H23ClN6S/c19-15-12(3-2-8-22-15)26-17-16(21)24-14(11-23-17)25-9-6-18(7-10-25)5-1-4-13(18)20/h2-3,8,11,13H,1,4-7,9-10,20H2,(H2,21,24)/t13-/m1/s1. The van der Waals surface area contributed by atoms with Crippen molar-refractivity contribution in [2.24, 2.45) is 11.1 Å². The van der Waals surface area contributed by atoms with Crippen LogP contribution in [0.4, 0.5) is 11.6 Å². The van der Waals surface area contributed by atoms with Gasteiger partial charge in [0.25, 0.3) is 0 Å². The number of piperidine rings is 1. The van der Waals surface area contributed by atoms with E-state index in [2.05, 4.69) is 19.9 Å². The van der Waals surface area contributed by atoms with E-state index in [1.165, 1.54) is 24.6 Å². The largest absolute Gasteiger partial charge is 0.381 e. The topological polar surface area (TPSA) is 94.0 Å². The third-order valence-corrected chi connectivity index (χ3v) is 7.21. The molecule has 26 heavy (non-hydrogen) atoms. The van der Waals surface area contributed by atoms with Gasteiger partial charge >= 0.3 is 0 Å². The second-order valence-electron chi connectivity index (χ2n) is 7.16. The Morgan fingerprint density at radius 3 is 2.69 bits per heavy atom. The Hall–Kier alpha value is -1.57. The molecule has 0 amide bonds. The van der Waals surface area contributed by atoms with Gasteiger partial charge in [0.15, 0.2) is 5.82 Å². The zero-order valence-corrected chi connectivity index (χ0v) is 16.1. The highest BCUT2D eigenvalue weighted by Gasteiger charge is 2.43. The van der Waals surface area contributed by atoms with Crippen molar-refractivity contribution in [2.45, 2.75) is 48.1 Å². The van der Waals surface area contributed by atoms with E-state index in [1.807, 2.05) is 12.1 Å². The molecule has 1 spiro atoms. The number of hydrogen-bond donors (Lipinski definition) is 2. The summed E-state index contributed by atoms with van der Waals surface area (Å²) in [5, 5.41) is 1.09. The maximum atomic E-state index is 6.37. The molecule has 3 heterocycles. The average Bonchev–Trinajstić information content (AvgIpc) is 2.99. The molecule has 1 atom stereocenters. The molecular weight excluding hydrogens is 368 g/mol. The normalized spacial score (nSPS) is 22.1. The fraction of sp³-hybridized carbons (Fsp3) is 0.500. The van der Waals surface area contributed by atoms with Crippen LogP contribution in [-0.2, 0) is 0 Å². The fourth-order valence-corrected chi connectivity index (χ4v) is 5.12. The Morgan fingerprint density at radius 2 is 2.04 bits per heavy atom. The number of nitrogen functional groups attached to an aromatic ring is 1. The molecule has 1 saturated heterocycles. The van der Waals surface area contributed by atoms with Gasteiger partial charge in [0.05, 0.1) is 11.1 Å². The Labute approximate surface area is 162 Å². The molecule has 2 aromatic rings. The molecule has 4 rings (SSSR count). The van der Waals surface area contributed by atoms with Gasteiger partial charge in [-0.3, -0.25) is 0 Å². The summed E-state index contributed by atoms with van der Waals surface area (Å²) >= 11 is 7.49. The molecule has 138 valence electrons. The molecule has 0 unspecified atom stereocenters. The summed E-state index contributed by atoms with van der Waals surface area (Å²) in [6.07, 6.45) is 9.39. The lowest BCUT2D eigenvalue weighted by Gasteiger charge is -2.42. The van der Waals surface area contributed by atoms with Gasteiger partial charge in [0.1, 0.15) is 16.0 Å². The Bertz CT molecular complexity index is 793. The quantitative estimate of drug-likeness (QED) is 0.776. The molecular formula is C18H23ClN6S. The zero-order valence-electron chi connectivity index (χ0n) is 14.6. The molecule has 1 aliphatic heterocycles. The van der Waals surface area contributed by atoms with Crippen LogP contribution in [0.25, 0.3) is 0 Å². The predicted molar refractivity (Wildman–Crippen MR) is 106 cm³/mol. The maximum Gasteiger partial charge on any atom is 0.158 e. The highest BCUT2D eigenvalue weighted by atomic mass is 35.5. The van der Waals surface area contributed by atoms with E-state index >= 15 is 0 Å². The van der Waals surface area contributed by atoms with Gasteiger partial charge in [0, 0.05) is 25.3 Å². The second kappa shape index (κ2) is 7.21. The summed E-state index contributed by atoms with van der Waals surface area (Å²) in [5.74, 6) is 1.26. The van der Waals surface area contributed by atoms with E-state index in [9.17, 15) is 0 Å². The molecule has 1 aliphatic carbocycles. The van der Waals surface area contributed by atoms with Crippen LogP contribution in [0.3, 0.4) is 0 Å². The summed E-state index contributed by atoms with van der Waals surface area (Å²) in [4.78, 5) is 16.3. The number of aromatic nitrogens is 3. The Kier molecular flexibility index (Phi) is 4.94. The summed E-state index contributed by atoms with van der Waals surface area (Å²) in [6, 6.07) is 4.08. The number of halogens is 1. The van der Waals surface area contributed by atoms with Gasteiger partial charge in [0.2, 0.25) is 0 Å². The summed E-state index contributed by atoms with van der Waals surface area (Å²) in [7, 11) is 0.